The number of nitrogens with zero attached hydrogens (tertiary/aromatic N) is 2. The summed E-state index contributed by atoms with van der Waals surface area (Å²) >= 11 is 0. The topological polar surface area (TPSA) is 57.3 Å². The summed E-state index contributed by atoms with van der Waals surface area (Å²) in [5, 5.41) is 6.39. The van der Waals surface area contributed by atoms with E-state index in [1.807, 2.05) is 26.2 Å². The summed E-state index contributed by atoms with van der Waals surface area (Å²) in [6, 6.07) is 4.11. The molecule has 0 atom stereocenters. The highest BCUT2D eigenvalue weighted by atomic mass is 16.1. The van der Waals surface area contributed by atoms with Crippen LogP contribution in [0.2, 0.25) is 0 Å². The highest BCUT2D eigenvalue weighted by Crippen LogP contribution is 2.22. The minimum atomic E-state index is -0.0395. The molecule has 0 aliphatic heterocycles. The Balaban J connectivity index is 1.90. The van der Waals surface area contributed by atoms with Crippen molar-refractivity contribution in [1.82, 2.24) is 15.2 Å². The van der Waals surface area contributed by atoms with Crippen LogP contribution in [0.15, 0.2) is 18.3 Å². The monoisotopic (exact) mass is 290 g/mol. The van der Waals surface area contributed by atoms with Gasteiger partial charge in [0.05, 0.1) is 5.56 Å². The second kappa shape index (κ2) is 7.98. The van der Waals surface area contributed by atoms with Gasteiger partial charge < -0.3 is 15.5 Å². The van der Waals surface area contributed by atoms with Gasteiger partial charge in [-0.2, -0.15) is 0 Å². The number of carbonyl (C=O) groups is 1. The lowest BCUT2D eigenvalue weighted by atomic mass is 10.2. The normalized spacial score (nSPS) is 15.4. The maximum atomic E-state index is 12.3. The molecule has 0 spiro atoms. The van der Waals surface area contributed by atoms with Gasteiger partial charge in [0.2, 0.25) is 0 Å². The molecule has 0 aromatic carbocycles. The SMILES string of the molecule is CN(C)CCCNC(=O)c1cccnc1NC1CCCC1. The van der Waals surface area contributed by atoms with Crippen molar-refractivity contribution in [2.24, 2.45) is 0 Å². The van der Waals surface area contributed by atoms with Crippen LogP contribution in [0.5, 0.6) is 0 Å². The molecule has 0 bridgehead atoms. The first-order valence-corrected chi connectivity index (χ1v) is 7.81. The van der Waals surface area contributed by atoms with Crippen LogP contribution in [0.4, 0.5) is 5.82 Å². The Kier molecular flexibility index (Phi) is 5.99. The predicted octanol–water partition coefficient (Wildman–Crippen LogP) is 2.12. The van der Waals surface area contributed by atoms with Gasteiger partial charge in [0.1, 0.15) is 5.82 Å². The molecule has 1 saturated carbocycles. The van der Waals surface area contributed by atoms with Crippen molar-refractivity contribution < 1.29 is 4.79 Å². The fourth-order valence-corrected chi connectivity index (χ4v) is 2.66. The smallest absolute Gasteiger partial charge is 0.255 e. The van der Waals surface area contributed by atoms with Crippen LogP contribution in [-0.2, 0) is 0 Å². The summed E-state index contributed by atoms with van der Waals surface area (Å²) in [4.78, 5) is 18.7. The van der Waals surface area contributed by atoms with E-state index in [4.69, 9.17) is 0 Å². The summed E-state index contributed by atoms with van der Waals surface area (Å²) in [6.45, 7) is 1.66. The molecule has 21 heavy (non-hydrogen) atoms. The van der Waals surface area contributed by atoms with Crippen molar-refractivity contribution in [2.75, 3.05) is 32.5 Å². The van der Waals surface area contributed by atoms with E-state index < -0.39 is 0 Å². The third-order valence-corrected chi connectivity index (χ3v) is 3.82. The number of amides is 1. The van der Waals surface area contributed by atoms with Crippen LogP contribution in [0, 0.1) is 0 Å². The van der Waals surface area contributed by atoms with Crippen molar-refractivity contribution in [1.29, 1.82) is 0 Å². The lowest BCUT2D eigenvalue weighted by Crippen LogP contribution is -2.28. The predicted molar refractivity (Wildman–Crippen MR) is 85.6 cm³/mol. The minimum absolute atomic E-state index is 0.0395. The number of carbonyl (C=O) groups excluding carboxylic acids is 1. The molecule has 1 aliphatic carbocycles. The van der Waals surface area contributed by atoms with Gasteiger partial charge >= 0.3 is 0 Å². The van der Waals surface area contributed by atoms with Crippen molar-refractivity contribution in [3.05, 3.63) is 23.9 Å². The first kappa shape index (κ1) is 15.8. The van der Waals surface area contributed by atoms with E-state index in [1.165, 1.54) is 25.7 Å². The molecule has 2 rings (SSSR count). The summed E-state index contributed by atoms with van der Waals surface area (Å²) in [5.74, 6) is 0.678. The summed E-state index contributed by atoms with van der Waals surface area (Å²) in [7, 11) is 4.07. The Morgan fingerprint density at radius 2 is 2.14 bits per heavy atom. The van der Waals surface area contributed by atoms with Crippen LogP contribution >= 0.6 is 0 Å². The second-order valence-electron chi connectivity index (χ2n) is 5.94. The summed E-state index contributed by atoms with van der Waals surface area (Å²) in [6.07, 6.45) is 7.54. The number of hydrogen-bond donors (Lipinski definition) is 2. The quantitative estimate of drug-likeness (QED) is 0.755. The van der Waals surface area contributed by atoms with Crippen LogP contribution in [0.1, 0.15) is 42.5 Å². The van der Waals surface area contributed by atoms with Gasteiger partial charge in [0.15, 0.2) is 0 Å². The highest BCUT2D eigenvalue weighted by molar-refractivity contribution is 5.98. The third-order valence-electron chi connectivity index (χ3n) is 3.82. The van der Waals surface area contributed by atoms with E-state index in [9.17, 15) is 4.79 Å². The Labute approximate surface area is 127 Å². The number of nitrogens with one attached hydrogen (secondary N) is 2. The zero-order chi connectivity index (χ0) is 15.1. The van der Waals surface area contributed by atoms with Crippen molar-refractivity contribution in [2.45, 2.75) is 38.1 Å². The first-order valence-electron chi connectivity index (χ1n) is 7.81. The summed E-state index contributed by atoms with van der Waals surface area (Å²) in [5.41, 5.74) is 0.647. The third kappa shape index (κ3) is 5.01. The standard InChI is InChI=1S/C16H26N4O/c1-20(2)12-6-11-18-16(21)14-9-5-10-17-15(14)19-13-7-3-4-8-13/h5,9-10,13H,3-4,6-8,11-12H2,1-2H3,(H,17,19)(H,18,21). The molecular formula is C16H26N4O. The van der Waals surface area contributed by atoms with E-state index in [1.54, 1.807) is 6.20 Å². The van der Waals surface area contributed by atoms with Gasteiger partial charge in [-0.25, -0.2) is 4.98 Å². The molecule has 2 N–H and O–H groups in total. The van der Waals surface area contributed by atoms with Gasteiger partial charge in [0.25, 0.3) is 5.91 Å². The van der Waals surface area contributed by atoms with E-state index in [-0.39, 0.29) is 5.91 Å². The van der Waals surface area contributed by atoms with Gasteiger partial charge in [-0.15, -0.1) is 0 Å². The zero-order valence-electron chi connectivity index (χ0n) is 13.1. The number of aromatic nitrogens is 1. The number of pyridine rings is 1. The molecule has 5 nitrogen and oxygen atoms in total. The molecule has 1 amide bonds. The fraction of sp³-hybridized carbons (Fsp3) is 0.625. The zero-order valence-corrected chi connectivity index (χ0v) is 13.1. The van der Waals surface area contributed by atoms with E-state index in [0.717, 1.165) is 18.8 Å². The lowest BCUT2D eigenvalue weighted by Gasteiger charge is -2.16. The molecule has 0 saturated heterocycles. The van der Waals surface area contributed by atoms with E-state index in [0.29, 0.717) is 18.2 Å². The number of hydrogen-bond acceptors (Lipinski definition) is 4. The Morgan fingerprint density at radius 3 is 2.86 bits per heavy atom. The Morgan fingerprint density at radius 1 is 1.38 bits per heavy atom. The van der Waals surface area contributed by atoms with Crippen molar-refractivity contribution in [3.8, 4) is 0 Å². The average molecular weight is 290 g/mol. The average Bonchev–Trinajstić information content (AvgIpc) is 2.97. The maximum absolute atomic E-state index is 12.3. The highest BCUT2D eigenvalue weighted by Gasteiger charge is 2.18. The van der Waals surface area contributed by atoms with Gasteiger partial charge in [-0.1, -0.05) is 12.8 Å². The molecule has 1 aromatic heterocycles. The van der Waals surface area contributed by atoms with E-state index >= 15 is 0 Å². The van der Waals surface area contributed by atoms with Gasteiger partial charge in [-0.05, 0) is 52.0 Å². The lowest BCUT2D eigenvalue weighted by molar-refractivity contribution is 0.0953. The van der Waals surface area contributed by atoms with Crippen molar-refractivity contribution >= 4 is 11.7 Å². The van der Waals surface area contributed by atoms with Crippen molar-refractivity contribution in [3.63, 3.8) is 0 Å². The number of rotatable bonds is 7. The van der Waals surface area contributed by atoms with Crippen LogP contribution in [-0.4, -0.2) is 49.0 Å². The van der Waals surface area contributed by atoms with Gasteiger partial charge in [-0.3, -0.25) is 4.79 Å². The Bertz CT molecular complexity index is 455. The molecule has 0 radical (unpaired) electrons. The second-order valence-corrected chi connectivity index (χ2v) is 5.94. The van der Waals surface area contributed by atoms with Crippen LogP contribution in [0.25, 0.3) is 0 Å². The number of anilines is 1. The largest absolute Gasteiger partial charge is 0.367 e. The molecule has 5 heteroatoms. The maximum Gasteiger partial charge on any atom is 0.255 e. The van der Waals surface area contributed by atoms with Crippen LogP contribution in [0.3, 0.4) is 0 Å². The Hall–Kier alpha value is -1.62. The minimum Gasteiger partial charge on any atom is -0.367 e. The molecule has 1 aliphatic rings. The molecule has 1 aromatic rings. The fourth-order valence-electron chi connectivity index (χ4n) is 2.66. The molecule has 1 heterocycles. The van der Waals surface area contributed by atoms with Crippen LogP contribution < -0.4 is 10.6 Å². The van der Waals surface area contributed by atoms with Gasteiger partial charge in [0, 0.05) is 18.8 Å². The molecule has 0 unspecified atom stereocenters. The molecular weight excluding hydrogens is 264 g/mol. The van der Waals surface area contributed by atoms with E-state index in [2.05, 4.69) is 20.5 Å². The summed E-state index contributed by atoms with van der Waals surface area (Å²) < 4.78 is 0. The molecule has 116 valence electrons. The molecule has 1 fully saturated rings. The first-order chi connectivity index (χ1) is 10.2.